The molecule has 30 heavy (non-hydrogen) atoms. The lowest BCUT2D eigenvalue weighted by Crippen LogP contribution is -2.61. The van der Waals surface area contributed by atoms with E-state index in [0.717, 1.165) is 11.1 Å². The smallest absolute Gasteiger partial charge is 0.240 e. The van der Waals surface area contributed by atoms with Crippen LogP contribution in [0.1, 0.15) is 50.7 Å². The maximum absolute atomic E-state index is 13.7. The summed E-state index contributed by atoms with van der Waals surface area (Å²) in [5.74, 6) is -0.782. The van der Waals surface area contributed by atoms with Crippen molar-refractivity contribution in [3.05, 3.63) is 64.7 Å². The third-order valence-corrected chi connectivity index (χ3v) is 6.69. The molecule has 4 nitrogen and oxygen atoms in total. The Bertz CT molecular complexity index is 1020. The number of amides is 1. The maximum Gasteiger partial charge on any atom is 0.240 e. The number of alkyl halides is 1. The predicted octanol–water partition coefficient (Wildman–Crippen LogP) is 5.67. The minimum atomic E-state index is -1.51. The van der Waals surface area contributed by atoms with Gasteiger partial charge in [0, 0.05) is 23.0 Å². The summed E-state index contributed by atoms with van der Waals surface area (Å²) in [6.45, 7) is 6.40. The van der Waals surface area contributed by atoms with Gasteiger partial charge in [-0.05, 0) is 34.7 Å². The number of ketones is 1. The van der Waals surface area contributed by atoms with E-state index < -0.39 is 16.4 Å². The Morgan fingerprint density at radius 3 is 2.57 bits per heavy atom. The van der Waals surface area contributed by atoms with Crippen molar-refractivity contribution in [3.8, 4) is 0 Å². The fourth-order valence-electron chi connectivity index (χ4n) is 4.69. The molecule has 158 valence electrons. The lowest BCUT2D eigenvalue weighted by atomic mass is 9.58. The van der Waals surface area contributed by atoms with Gasteiger partial charge in [0.2, 0.25) is 5.91 Å². The second-order valence-electron chi connectivity index (χ2n) is 9.41. The van der Waals surface area contributed by atoms with Gasteiger partial charge in [0.05, 0.1) is 13.0 Å². The first-order chi connectivity index (χ1) is 14.1. The number of benzene rings is 2. The number of fused-ring (bicyclic) bond motifs is 2. The van der Waals surface area contributed by atoms with Crippen molar-refractivity contribution in [2.45, 2.75) is 50.0 Å². The first-order valence-electron chi connectivity index (χ1n) is 10.1. The van der Waals surface area contributed by atoms with E-state index in [0.29, 0.717) is 17.3 Å². The summed E-state index contributed by atoms with van der Waals surface area (Å²) in [4.78, 5) is 26.6. The quantitative estimate of drug-likeness (QED) is 0.618. The van der Waals surface area contributed by atoms with Crippen LogP contribution in [0, 0.1) is 5.41 Å². The van der Waals surface area contributed by atoms with E-state index in [1.807, 2.05) is 63.2 Å². The topological polar surface area (TPSA) is 55.4 Å². The molecule has 2 aromatic carbocycles. The van der Waals surface area contributed by atoms with Gasteiger partial charge in [0.15, 0.2) is 5.06 Å². The van der Waals surface area contributed by atoms with E-state index in [2.05, 4.69) is 5.32 Å². The molecule has 1 aliphatic carbocycles. The zero-order valence-corrected chi connectivity index (χ0v) is 18.8. The van der Waals surface area contributed by atoms with Crippen LogP contribution in [0.4, 0.5) is 5.69 Å². The van der Waals surface area contributed by atoms with Gasteiger partial charge in [-0.1, -0.05) is 74.3 Å². The van der Waals surface area contributed by atoms with Crippen molar-refractivity contribution in [3.63, 3.8) is 0 Å². The number of rotatable bonds is 3. The lowest BCUT2D eigenvalue weighted by Gasteiger charge is -2.50. The van der Waals surface area contributed by atoms with Crippen molar-refractivity contribution in [2.75, 3.05) is 11.9 Å². The first kappa shape index (κ1) is 21.4. The number of carbonyl (C=O) groups is 2. The Hall–Kier alpha value is -1.88. The van der Waals surface area contributed by atoms with E-state index in [4.69, 9.17) is 27.9 Å². The zero-order valence-electron chi connectivity index (χ0n) is 17.3. The van der Waals surface area contributed by atoms with Crippen LogP contribution in [0.25, 0.3) is 0 Å². The van der Waals surface area contributed by atoms with Crippen LogP contribution in [-0.4, -0.2) is 23.4 Å². The van der Waals surface area contributed by atoms with Crippen molar-refractivity contribution in [2.24, 2.45) is 5.41 Å². The highest BCUT2D eigenvalue weighted by atomic mass is 35.5. The van der Waals surface area contributed by atoms with Gasteiger partial charge in [0.25, 0.3) is 0 Å². The molecule has 1 fully saturated rings. The van der Waals surface area contributed by atoms with E-state index in [-0.39, 0.29) is 29.9 Å². The summed E-state index contributed by atoms with van der Waals surface area (Å²) >= 11 is 13.5. The molecule has 2 aliphatic rings. The van der Waals surface area contributed by atoms with Crippen LogP contribution in [0.15, 0.2) is 48.5 Å². The molecule has 1 heterocycles. The molecule has 2 aromatic rings. The second-order valence-corrected chi connectivity index (χ2v) is 10.5. The minimum absolute atomic E-state index is 0.0355. The highest BCUT2D eigenvalue weighted by molar-refractivity contribution is 6.31. The zero-order chi connectivity index (χ0) is 21.7. The Morgan fingerprint density at radius 2 is 1.87 bits per heavy atom. The minimum Gasteiger partial charge on any atom is -0.357 e. The Balaban J connectivity index is 1.96. The molecule has 1 N–H and O–H groups in total. The number of carbonyl (C=O) groups excluding carboxylic acids is 2. The van der Waals surface area contributed by atoms with Crippen LogP contribution in [0.5, 0.6) is 0 Å². The average Bonchev–Trinajstić information content (AvgIpc) is 2.96. The van der Waals surface area contributed by atoms with Crippen LogP contribution in [-0.2, 0) is 19.7 Å². The number of Topliss-reactive ketones (excluding diaryl/α,β-unsaturated/α-hetero) is 1. The molecule has 6 heteroatoms. The molecule has 3 atom stereocenters. The van der Waals surface area contributed by atoms with Gasteiger partial charge in [-0.2, -0.15) is 0 Å². The average molecular weight is 446 g/mol. The standard InChI is InChI=1S/C24H25Cl2NO3/c1-22(2,3)14-30-23(26)13-17(28)12-19(15-7-6-8-16(25)11-15)24(23)18-9-4-5-10-20(18)27-21(24)29/h4-11,19H,12-14H2,1-3H3,(H,27,29)/t19-,23-,24-/m0/s1. The molecular weight excluding hydrogens is 421 g/mol. The Morgan fingerprint density at radius 1 is 1.13 bits per heavy atom. The van der Waals surface area contributed by atoms with Crippen LogP contribution in [0.3, 0.4) is 0 Å². The third kappa shape index (κ3) is 3.35. The predicted molar refractivity (Wildman–Crippen MR) is 119 cm³/mol. The summed E-state index contributed by atoms with van der Waals surface area (Å²) < 4.78 is 6.30. The van der Waals surface area contributed by atoms with Gasteiger partial charge in [-0.3, -0.25) is 9.59 Å². The monoisotopic (exact) mass is 445 g/mol. The summed E-state index contributed by atoms with van der Waals surface area (Å²) in [7, 11) is 0. The van der Waals surface area contributed by atoms with Crippen LogP contribution < -0.4 is 5.32 Å². The molecular formula is C24H25Cl2NO3. The van der Waals surface area contributed by atoms with E-state index in [1.165, 1.54) is 0 Å². The summed E-state index contributed by atoms with van der Waals surface area (Å²) in [5, 5.41) is 2.02. The van der Waals surface area contributed by atoms with Crippen molar-refractivity contribution in [1.82, 2.24) is 0 Å². The molecule has 0 radical (unpaired) electrons. The molecule has 0 bridgehead atoms. The number of anilines is 1. The van der Waals surface area contributed by atoms with E-state index in [9.17, 15) is 9.59 Å². The Labute approximate surface area is 186 Å². The Kier molecular flexibility index (Phi) is 5.24. The van der Waals surface area contributed by atoms with Crippen LogP contribution in [0.2, 0.25) is 5.02 Å². The summed E-state index contributed by atoms with van der Waals surface area (Å²) in [6, 6.07) is 14.8. The number of para-hydroxylation sites is 1. The highest BCUT2D eigenvalue weighted by Gasteiger charge is 2.68. The fourth-order valence-corrected chi connectivity index (χ4v) is 5.41. The molecule has 4 rings (SSSR count). The number of halogens is 2. The highest BCUT2D eigenvalue weighted by Crippen LogP contribution is 2.61. The van der Waals surface area contributed by atoms with E-state index >= 15 is 0 Å². The third-order valence-electron chi connectivity index (χ3n) is 5.91. The number of ether oxygens (including phenoxy) is 1. The first-order valence-corrected chi connectivity index (χ1v) is 10.8. The normalized spacial score (nSPS) is 28.5. The molecule has 0 aromatic heterocycles. The lowest BCUT2D eigenvalue weighted by molar-refractivity contribution is -0.148. The molecule has 0 saturated heterocycles. The van der Waals surface area contributed by atoms with Gasteiger partial charge in [-0.25, -0.2) is 0 Å². The largest absolute Gasteiger partial charge is 0.357 e. The SMILES string of the molecule is CC(C)(C)CO[C@@]1(Cl)CC(=O)C[C@@H](c2cccc(Cl)c2)[C@@]12C(=O)Nc1ccccc12. The molecule has 1 amide bonds. The van der Waals surface area contributed by atoms with Gasteiger partial charge in [-0.15, -0.1) is 0 Å². The summed E-state index contributed by atoms with van der Waals surface area (Å²) in [5.41, 5.74) is 0.815. The van der Waals surface area contributed by atoms with Crippen molar-refractivity contribution >= 4 is 40.6 Å². The van der Waals surface area contributed by atoms with Gasteiger partial charge < -0.3 is 10.1 Å². The number of nitrogens with one attached hydrogen (secondary N) is 1. The van der Waals surface area contributed by atoms with Gasteiger partial charge >= 0.3 is 0 Å². The molecule has 1 spiro atoms. The number of hydrogen-bond donors (Lipinski definition) is 1. The molecule has 0 unspecified atom stereocenters. The fraction of sp³-hybridized carbons (Fsp3) is 0.417. The molecule has 1 saturated carbocycles. The van der Waals surface area contributed by atoms with Crippen molar-refractivity contribution < 1.29 is 14.3 Å². The van der Waals surface area contributed by atoms with Crippen molar-refractivity contribution in [1.29, 1.82) is 0 Å². The molecule has 1 aliphatic heterocycles. The number of hydrogen-bond acceptors (Lipinski definition) is 3. The summed E-state index contributed by atoms with van der Waals surface area (Å²) in [6.07, 6.45) is 0.152. The van der Waals surface area contributed by atoms with Gasteiger partial charge in [0.1, 0.15) is 11.2 Å². The maximum atomic E-state index is 13.7. The van der Waals surface area contributed by atoms with E-state index in [1.54, 1.807) is 6.07 Å². The second kappa shape index (κ2) is 7.37. The van der Waals surface area contributed by atoms with Crippen LogP contribution >= 0.6 is 23.2 Å².